The first-order valence-corrected chi connectivity index (χ1v) is 5.90. The Hall–Kier alpha value is -2.89. The molecular weight excluding hydrogens is 258 g/mol. The van der Waals surface area contributed by atoms with E-state index in [4.69, 9.17) is 4.42 Å². The Morgan fingerprint density at radius 1 is 1.15 bits per heavy atom. The third kappa shape index (κ3) is 3.55. The van der Waals surface area contributed by atoms with Gasteiger partial charge in [0.05, 0.1) is 12.5 Å². The second kappa shape index (κ2) is 6.33. The van der Waals surface area contributed by atoms with Crippen molar-refractivity contribution in [1.82, 2.24) is 5.43 Å². The lowest BCUT2D eigenvalue weighted by Gasteiger charge is -2.06. The molecule has 1 aromatic carbocycles. The number of benzene rings is 1. The largest absolute Gasteiger partial charge is 0.463 e. The first kappa shape index (κ1) is 13.5. The molecule has 0 fully saturated rings. The van der Waals surface area contributed by atoms with Crippen molar-refractivity contribution in [3.05, 3.63) is 54.0 Å². The molecule has 0 radical (unpaired) electrons. The maximum Gasteiger partial charge on any atom is 0.329 e. The van der Waals surface area contributed by atoms with Gasteiger partial charge in [0.25, 0.3) is 0 Å². The zero-order valence-electron chi connectivity index (χ0n) is 10.8. The van der Waals surface area contributed by atoms with E-state index in [-0.39, 0.29) is 0 Å². The maximum absolute atomic E-state index is 11.6. The Balaban J connectivity index is 1.89. The summed E-state index contributed by atoms with van der Waals surface area (Å²) in [7, 11) is 0. The Kier molecular flexibility index (Phi) is 4.28. The molecule has 1 heterocycles. The van der Waals surface area contributed by atoms with Crippen molar-refractivity contribution >= 4 is 23.7 Å². The Labute approximate surface area is 115 Å². The number of nitrogens with zero attached hydrogens (tertiary/aromatic N) is 1. The molecule has 0 unspecified atom stereocenters. The van der Waals surface area contributed by atoms with Crippen molar-refractivity contribution in [3.8, 4) is 0 Å². The molecule has 0 saturated heterocycles. The molecular formula is C14H13N3O3. The molecule has 2 aromatic rings. The van der Waals surface area contributed by atoms with Crippen LogP contribution in [0.2, 0.25) is 0 Å². The minimum atomic E-state index is -0.851. The average Bonchev–Trinajstić information content (AvgIpc) is 2.94. The van der Waals surface area contributed by atoms with Gasteiger partial charge in [0.1, 0.15) is 5.76 Å². The van der Waals surface area contributed by atoms with Crippen LogP contribution in [0.1, 0.15) is 11.3 Å². The van der Waals surface area contributed by atoms with E-state index in [1.54, 1.807) is 24.3 Å². The van der Waals surface area contributed by atoms with Gasteiger partial charge in [-0.05, 0) is 30.7 Å². The van der Waals surface area contributed by atoms with Crippen LogP contribution in [-0.2, 0) is 9.59 Å². The number of aryl methyl sites for hydroxylation is 1. The third-order valence-corrected chi connectivity index (χ3v) is 2.50. The SMILES string of the molecule is Cc1ccccc1NC(=O)C(=O)NN=Cc1ccco1. The van der Waals surface area contributed by atoms with E-state index >= 15 is 0 Å². The molecule has 0 spiro atoms. The predicted octanol–water partition coefficient (Wildman–Crippen LogP) is 1.68. The number of nitrogens with one attached hydrogen (secondary N) is 2. The molecule has 102 valence electrons. The lowest BCUT2D eigenvalue weighted by atomic mass is 10.2. The van der Waals surface area contributed by atoms with Crippen LogP contribution in [0.4, 0.5) is 5.69 Å². The Morgan fingerprint density at radius 2 is 1.95 bits per heavy atom. The number of carbonyl (C=O) groups is 2. The summed E-state index contributed by atoms with van der Waals surface area (Å²) in [6, 6.07) is 10.5. The number of para-hydroxylation sites is 1. The van der Waals surface area contributed by atoms with Crippen LogP contribution in [0.15, 0.2) is 52.2 Å². The van der Waals surface area contributed by atoms with Gasteiger partial charge in [-0.1, -0.05) is 18.2 Å². The van der Waals surface area contributed by atoms with Crippen LogP contribution in [-0.4, -0.2) is 18.0 Å². The highest BCUT2D eigenvalue weighted by molar-refractivity contribution is 6.39. The number of hydrazone groups is 1. The number of anilines is 1. The fourth-order valence-electron chi connectivity index (χ4n) is 1.46. The summed E-state index contributed by atoms with van der Waals surface area (Å²) in [4.78, 5) is 23.2. The van der Waals surface area contributed by atoms with Crippen LogP contribution in [0.25, 0.3) is 0 Å². The van der Waals surface area contributed by atoms with Gasteiger partial charge in [0.2, 0.25) is 0 Å². The van der Waals surface area contributed by atoms with E-state index in [9.17, 15) is 9.59 Å². The molecule has 2 N–H and O–H groups in total. The lowest BCUT2D eigenvalue weighted by Crippen LogP contribution is -2.32. The summed E-state index contributed by atoms with van der Waals surface area (Å²) in [5, 5.41) is 6.13. The highest BCUT2D eigenvalue weighted by atomic mass is 16.3. The number of carbonyl (C=O) groups excluding carboxylic acids is 2. The van der Waals surface area contributed by atoms with E-state index in [1.165, 1.54) is 12.5 Å². The smallest absolute Gasteiger partial charge is 0.329 e. The molecule has 0 bridgehead atoms. The zero-order chi connectivity index (χ0) is 14.4. The van der Waals surface area contributed by atoms with Crippen LogP contribution >= 0.6 is 0 Å². The highest BCUT2D eigenvalue weighted by Gasteiger charge is 2.13. The standard InChI is InChI=1S/C14H13N3O3/c1-10-5-2-3-7-12(10)16-13(18)14(19)17-15-9-11-6-4-8-20-11/h2-9H,1H3,(H,16,18)(H,17,19). The Morgan fingerprint density at radius 3 is 2.65 bits per heavy atom. The molecule has 6 nitrogen and oxygen atoms in total. The maximum atomic E-state index is 11.6. The molecule has 6 heteroatoms. The number of amides is 2. The van der Waals surface area contributed by atoms with Crippen LogP contribution in [0.3, 0.4) is 0 Å². The Bertz CT molecular complexity index is 633. The summed E-state index contributed by atoms with van der Waals surface area (Å²) in [5.41, 5.74) is 3.57. The topological polar surface area (TPSA) is 83.7 Å². The summed E-state index contributed by atoms with van der Waals surface area (Å²) < 4.78 is 4.99. The second-order valence-electron chi connectivity index (χ2n) is 3.98. The predicted molar refractivity (Wildman–Crippen MR) is 74.3 cm³/mol. The lowest BCUT2D eigenvalue weighted by molar-refractivity contribution is -0.136. The van der Waals surface area contributed by atoms with E-state index in [0.29, 0.717) is 11.4 Å². The van der Waals surface area contributed by atoms with Gasteiger partial charge in [-0.2, -0.15) is 5.10 Å². The normalized spacial score (nSPS) is 10.4. The molecule has 2 amide bonds. The van der Waals surface area contributed by atoms with Crippen LogP contribution in [0, 0.1) is 6.92 Å². The monoisotopic (exact) mass is 271 g/mol. The molecule has 1 aromatic heterocycles. The number of hydrogen-bond acceptors (Lipinski definition) is 4. The zero-order valence-corrected chi connectivity index (χ0v) is 10.8. The average molecular weight is 271 g/mol. The van der Waals surface area contributed by atoms with E-state index in [2.05, 4.69) is 15.8 Å². The van der Waals surface area contributed by atoms with Crippen LogP contribution in [0.5, 0.6) is 0 Å². The number of rotatable bonds is 3. The van der Waals surface area contributed by atoms with Gasteiger partial charge in [0, 0.05) is 5.69 Å². The molecule has 0 saturated carbocycles. The van der Waals surface area contributed by atoms with Gasteiger partial charge in [0.15, 0.2) is 0 Å². The van der Waals surface area contributed by atoms with Gasteiger partial charge in [-0.15, -0.1) is 0 Å². The summed E-state index contributed by atoms with van der Waals surface area (Å²) in [6.07, 6.45) is 2.78. The summed E-state index contributed by atoms with van der Waals surface area (Å²) >= 11 is 0. The summed E-state index contributed by atoms with van der Waals surface area (Å²) in [5.74, 6) is -1.16. The van der Waals surface area contributed by atoms with Gasteiger partial charge in [-0.25, -0.2) is 5.43 Å². The number of furan rings is 1. The second-order valence-corrected chi connectivity index (χ2v) is 3.98. The fraction of sp³-hybridized carbons (Fsp3) is 0.0714. The van der Waals surface area contributed by atoms with Crippen molar-refractivity contribution in [2.75, 3.05) is 5.32 Å². The molecule has 20 heavy (non-hydrogen) atoms. The fourth-order valence-corrected chi connectivity index (χ4v) is 1.46. The first-order valence-electron chi connectivity index (χ1n) is 5.90. The van der Waals surface area contributed by atoms with E-state index in [1.807, 2.05) is 19.1 Å². The minimum absolute atomic E-state index is 0.476. The molecule has 0 atom stereocenters. The third-order valence-electron chi connectivity index (χ3n) is 2.50. The highest BCUT2D eigenvalue weighted by Crippen LogP contribution is 2.12. The minimum Gasteiger partial charge on any atom is -0.463 e. The first-order chi connectivity index (χ1) is 9.66. The van der Waals surface area contributed by atoms with Gasteiger partial charge >= 0.3 is 11.8 Å². The molecule has 0 aliphatic carbocycles. The van der Waals surface area contributed by atoms with Crippen molar-refractivity contribution in [3.63, 3.8) is 0 Å². The van der Waals surface area contributed by atoms with E-state index in [0.717, 1.165) is 5.56 Å². The van der Waals surface area contributed by atoms with Crippen molar-refractivity contribution in [1.29, 1.82) is 0 Å². The number of hydrogen-bond donors (Lipinski definition) is 2. The quantitative estimate of drug-likeness (QED) is 0.506. The summed E-state index contributed by atoms with van der Waals surface area (Å²) in [6.45, 7) is 1.84. The van der Waals surface area contributed by atoms with Crippen LogP contribution < -0.4 is 10.7 Å². The van der Waals surface area contributed by atoms with Gasteiger partial charge in [-0.3, -0.25) is 9.59 Å². The van der Waals surface area contributed by atoms with Gasteiger partial charge < -0.3 is 9.73 Å². The van der Waals surface area contributed by atoms with Crippen molar-refractivity contribution in [2.45, 2.75) is 6.92 Å². The van der Waals surface area contributed by atoms with Crippen molar-refractivity contribution in [2.24, 2.45) is 5.10 Å². The molecule has 0 aliphatic heterocycles. The van der Waals surface area contributed by atoms with Crippen molar-refractivity contribution < 1.29 is 14.0 Å². The molecule has 0 aliphatic rings. The van der Waals surface area contributed by atoms with E-state index < -0.39 is 11.8 Å². The molecule has 2 rings (SSSR count).